The number of imidazole rings is 1. The molecule has 0 saturated heterocycles. The van der Waals surface area contributed by atoms with Crippen LogP contribution in [0.3, 0.4) is 0 Å². The summed E-state index contributed by atoms with van der Waals surface area (Å²) in [4.78, 5) is 29.7. The fraction of sp³-hybridized carbons (Fsp3) is 0. The fourth-order valence-electron chi connectivity index (χ4n) is 0.215. The fourth-order valence-corrected chi connectivity index (χ4v) is 0.215. The Morgan fingerprint density at radius 3 is 1.50 bits per heavy atom. The molecule has 1 aromatic heterocycles. The molecule has 1 N–H and O–H groups in total. The Morgan fingerprint density at radius 1 is 1.07 bits per heavy atom. The summed E-state index contributed by atoms with van der Waals surface area (Å²) in [7, 11) is 0. The topological polar surface area (TPSA) is 79.9 Å². The number of H-pyrrole nitrogens is 1. The van der Waals surface area contributed by atoms with Crippen LogP contribution in [0.1, 0.15) is 0 Å². The first kappa shape index (κ1) is 23.6. The second kappa shape index (κ2) is 52.8. The van der Waals surface area contributed by atoms with E-state index < -0.39 is 0 Å². The monoisotopic (exact) mass is 500 g/mol. The Morgan fingerprint density at radius 2 is 1.43 bits per heavy atom. The molecule has 0 bridgehead atoms. The molecule has 0 saturated carbocycles. The SMILES string of the molecule is [Br][Re][Br].[CH-]=O.[CH-]=O.[CH-]=O.c1c[nH]cn1. The summed E-state index contributed by atoms with van der Waals surface area (Å²) < 4.78 is 0. The van der Waals surface area contributed by atoms with Gasteiger partial charge in [0.15, 0.2) is 0 Å². The van der Waals surface area contributed by atoms with Gasteiger partial charge in [-0.1, -0.05) is 0 Å². The second-order valence-corrected chi connectivity index (χ2v) is 12.7. The van der Waals surface area contributed by atoms with Crippen LogP contribution in [0.4, 0.5) is 0 Å². The van der Waals surface area contributed by atoms with E-state index in [4.69, 9.17) is 14.4 Å². The van der Waals surface area contributed by atoms with Gasteiger partial charge in [0.25, 0.3) is 0 Å². The third kappa shape index (κ3) is 59.4. The zero-order valence-electron chi connectivity index (χ0n) is 6.77. The number of aromatic nitrogens is 2. The number of aromatic amines is 1. The van der Waals surface area contributed by atoms with Crippen LogP contribution in [-0.4, -0.2) is 30.3 Å². The maximum atomic E-state index is 7.75. The predicted octanol–water partition coefficient (Wildman–Crippen LogP) is 1.28. The third-order valence-electron chi connectivity index (χ3n) is 0.406. The van der Waals surface area contributed by atoms with Crippen molar-refractivity contribution < 1.29 is 28.3 Å². The molecular formula is C6H7Br2N2O3Re-3. The molecule has 0 amide bonds. The average molecular weight is 501 g/mol. The normalized spacial score (nSPS) is 5.00. The minimum Gasteiger partial charge on any atom is -0.545 e. The van der Waals surface area contributed by atoms with Gasteiger partial charge in [-0.15, -0.1) is 0 Å². The predicted molar refractivity (Wildman–Crippen MR) is 56.7 cm³/mol. The Kier molecular flexibility index (Phi) is 88.8. The van der Waals surface area contributed by atoms with Gasteiger partial charge in [-0.05, 0) is 0 Å². The molecule has 1 aromatic rings. The molecule has 5 nitrogen and oxygen atoms in total. The van der Waals surface area contributed by atoms with E-state index in [1.54, 1.807) is 18.7 Å². The first-order valence-corrected chi connectivity index (χ1v) is 14.3. The van der Waals surface area contributed by atoms with Crippen molar-refractivity contribution in [1.29, 1.82) is 0 Å². The summed E-state index contributed by atoms with van der Waals surface area (Å²) >= 11 is 6.39. The number of halogens is 2. The molecule has 0 aromatic carbocycles. The van der Waals surface area contributed by atoms with Crippen molar-refractivity contribution in [2.24, 2.45) is 0 Å². The first-order valence-electron chi connectivity index (χ1n) is 2.42. The van der Waals surface area contributed by atoms with Crippen LogP contribution >= 0.6 is 26.9 Å². The van der Waals surface area contributed by atoms with E-state index in [0.29, 0.717) is 0 Å². The smallest absolute Gasteiger partial charge is 0.0919 e. The van der Waals surface area contributed by atoms with E-state index in [1.807, 2.05) is 0 Å². The largest absolute Gasteiger partial charge is 0.545 e. The molecule has 0 unspecified atom stereocenters. The van der Waals surface area contributed by atoms with Crippen molar-refractivity contribution in [1.82, 2.24) is 9.97 Å². The summed E-state index contributed by atoms with van der Waals surface area (Å²) in [5.41, 5.74) is 0. The van der Waals surface area contributed by atoms with Crippen LogP contribution in [0.25, 0.3) is 0 Å². The summed E-state index contributed by atoms with van der Waals surface area (Å²) in [5.74, 6) is 0. The average Bonchev–Trinajstić information content (AvgIpc) is 2.85. The van der Waals surface area contributed by atoms with Gasteiger partial charge in [-0.2, -0.15) is 0 Å². The standard InChI is InChI=1S/C3H4N2.3CHO.2BrH.Re/c1-2-5-3-4-1;3*1-2;;;/h1-3H,(H,4,5);3*1H;2*1H;/q;3*-1;;;+2/p-2. The van der Waals surface area contributed by atoms with E-state index in [-0.39, 0.29) is 13.9 Å². The van der Waals surface area contributed by atoms with E-state index >= 15 is 0 Å². The molecule has 0 radical (unpaired) electrons. The van der Waals surface area contributed by atoms with Crippen molar-refractivity contribution >= 4 is 47.2 Å². The van der Waals surface area contributed by atoms with Crippen molar-refractivity contribution in [3.63, 3.8) is 0 Å². The van der Waals surface area contributed by atoms with E-state index in [1.165, 1.54) is 0 Å². The molecule has 0 atom stereocenters. The number of carbonyl (C=O) groups excluding carboxylic acids is 3. The number of nitrogens with one attached hydrogen (secondary N) is 1. The van der Waals surface area contributed by atoms with Gasteiger partial charge in [0.2, 0.25) is 0 Å². The molecule has 0 aliphatic rings. The van der Waals surface area contributed by atoms with Crippen molar-refractivity contribution in [2.45, 2.75) is 0 Å². The molecule has 1 rings (SSSR count). The molecular weight excluding hydrogens is 494 g/mol. The Balaban J connectivity index is -0.0000000494. The third-order valence-corrected chi connectivity index (χ3v) is 0.406. The molecule has 14 heavy (non-hydrogen) atoms. The van der Waals surface area contributed by atoms with Crippen LogP contribution in [-0.2, 0) is 28.3 Å². The van der Waals surface area contributed by atoms with Gasteiger partial charge in [0.05, 0.1) is 6.33 Å². The van der Waals surface area contributed by atoms with Gasteiger partial charge < -0.3 is 19.4 Å². The molecule has 0 spiro atoms. The molecule has 83 valence electrons. The van der Waals surface area contributed by atoms with E-state index in [9.17, 15) is 0 Å². The maximum absolute atomic E-state index is 7.75. The Labute approximate surface area is 104 Å². The van der Waals surface area contributed by atoms with Crippen LogP contribution in [0.5, 0.6) is 0 Å². The molecule has 0 aliphatic carbocycles. The Hall–Kier alpha value is -0.158. The maximum Gasteiger partial charge on any atom is 0.0919 e. The van der Waals surface area contributed by atoms with Crippen LogP contribution < -0.4 is 0 Å². The van der Waals surface area contributed by atoms with Crippen LogP contribution in [0, 0.1) is 0 Å². The zero-order valence-corrected chi connectivity index (χ0v) is 12.7. The Bertz CT molecular complexity index is 124. The molecule has 8 heteroatoms. The summed E-state index contributed by atoms with van der Waals surface area (Å²) in [5, 5.41) is 0. The zero-order chi connectivity index (χ0) is 12.2. The van der Waals surface area contributed by atoms with Gasteiger partial charge in [0.1, 0.15) is 0 Å². The molecule has 0 aliphatic heterocycles. The quantitative estimate of drug-likeness (QED) is 0.430. The molecule has 1 heterocycles. The summed E-state index contributed by atoms with van der Waals surface area (Å²) in [6.07, 6.45) is 5.08. The van der Waals surface area contributed by atoms with E-state index in [0.717, 1.165) is 0 Å². The van der Waals surface area contributed by atoms with E-state index in [2.05, 4.69) is 57.2 Å². The second-order valence-electron chi connectivity index (χ2n) is 0.815. The number of hydrogen-bond acceptors (Lipinski definition) is 4. The number of rotatable bonds is 0. The van der Waals surface area contributed by atoms with Crippen molar-refractivity contribution in [3.05, 3.63) is 18.7 Å². The summed E-state index contributed by atoms with van der Waals surface area (Å²) in [6.45, 7) is 9.75. The van der Waals surface area contributed by atoms with Crippen molar-refractivity contribution in [2.75, 3.05) is 0 Å². The van der Waals surface area contributed by atoms with Crippen LogP contribution in [0.2, 0.25) is 0 Å². The number of nitrogens with zero attached hydrogens (tertiary/aromatic N) is 1. The van der Waals surface area contributed by atoms with Gasteiger partial charge >= 0.3 is 40.8 Å². The van der Waals surface area contributed by atoms with Crippen LogP contribution in [0.15, 0.2) is 18.7 Å². The van der Waals surface area contributed by atoms with Gasteiger partial charge in [-0.25, -0.2) is 4.98 Å². The van der Waals surface area contributed by atoms with Gasteiger partial charge in [-0.3, -0.25) is 20.4 Å². The minimum atomic E-state index is -0.0417. The van der Waals surface area contributed by atoms with Gasteiger partial charge in [0, 0.05) is 12.4 Å². The van der Waals surface area contributed by atoms with Crippen molar-refractivity contribution in [3.8, 4) is 0 Å². The minimum absolute atomic E-state index is 0.0417. The molecule has 0 fully saturated rings. The number of hydrogen-bond donors (Lipinski definition) is 1. The first-order chi connectivity index (χ1) is 6.91. The summed E-state index contributed by atoms with van der Waals surface area (Å²) in [6, 6.07) is 0.